The number of carbonyl (C=O) groups excluding carboxylic acids is 2. The summed E-state index contributed by atoms with van der Waals surface area (Å²) in [5, 5.41) is 14.8. The molecule has 1 aromatic heterocycles. The van der Waals surface area contributed by atoms with Gasteiger partial charge in [0.2, 0.25) is 5.91 Å². The minimum absolute atomic E-state index is 0.283. The molecule has 0 saturated carbocycles. The molecular weight excluding hydrogens is 401 g/mol. The third-order valence-corrected chi connectivity index (χ3v) is 4.32. The van der Waals surface area contributed by atoms with Crippen LogP contribution in [0.15, 0.2) is 66.7 Å². The summed E-state index contributed by atoms with van der Waals surface area (Å²) in [6.07, 6.45) is -1.07. The van der Waals surface area contributed by atoms with Gasteiger partial charge in [0.15, 0.2) is 0 Å². The second-order valence-corrected chi connectivity index (χ2v) is 6.90. The number of pyridine rings is 1. The predicted molar refractivity (Wildman–Crippen MR) is 114 cm³/mol. The van der Waals surface area contributed by atoms with Crippen LogP contribution in [0.4, 0.5) is 10.2 Å². The molecule has 0 radical (unpaired) electrons. The van der Waals surface area contributed by atoms with E-state index in [1.54, 1.807) is 42.5 Å². The summed E-state index contributed by atoms with van der Waals surface area (Å²) < 4.78 is 18.7. The summed E-state index contributed by atoms with van der Waals surface area (Å²) in [4.78, 5) is 28.1. The Kier molecular flexibility index (Phi) is 6.94. The van der Waals surface area contributed by atoms with Gasteiger partial charge in [-0.15, -0.1) is 0 Å². The van der Waals surface area contributed by atoms with E-state index in [0.717, 1.165) is 5.56 Å². The third kappa shape index (κ3) is 6.10. The monoisotopic (exact) mass is 423 g/mol. The number of hydrogen-bond donors (Lipinski definition) is 3. The highest BCUT2D eigenvalue weighted by Crippen LogP contribution is 2.25. The van der Waals surface area contributed by atoms with Gasteiger partial charge in [-0.05, 0) is 67.6 Å². The molecule has 0 aliphatic heterocycles. The van der Waals surface area contributed by atoms with Crippen LogP contribution < -0.4 is 15.4 Å². The molecule has 3 rings (SSSR count). The number of carbonyl (C=O) groups is 2. The van der Waals surface area contributed by atoms with E-state index in [1.165, 1.54) is 26.0 Å². The standard InChI is InChI=1S/C23H22FN3O4/c1-14(28)22(25-15(2)29)23(30)27-21-5-3-4-20(26-21)16-6-10-18(11-7-16)31-19-12-8-17(24)9-13-19/h3-14,22,28H,1-2H3,(H,25,29)(H,26,27,30). The van der Waals surface area contributed by atoms with E-state index in [1.807, 2.05) is 12.1 Å². The lowest BCUT2D eigenvalue weighted by atomic mass is 10.1. The first-order valence-corrected chi connectivity index (χ1v) is 9.59. The van der Waals surface area contributed by atoms with Gasteiger partial charge in [-0.2, -0.15) is 0 Å². The molecule has 0 spiro atoms. The Morgan fingerprint density at radius 1 is 1.00 bits per heavy atom. The molecule has 2 amide bonds. The van der Waals surface area contributed by atoms with E-state index in [4.69, 9.17) is 4.74 Å². The van der Waals surface area contributed by atoms with E-state index in [-0.39, 0.29) is 11.6 Å². The highest BCUT2D eigenvalue weighted by Gasteiger charge is 2.24. The first kappa shape index (κ1) is 21.9. The molecule has 0 saturated heterocycles. The smallest absolute Gasteiger partial charge is 0.250 e. The first-order valence-electron chi connectivity index (χ1n) is 9.59. The van der Waals surface area contributed by atoms with Gasteiger partial charge in [0.25, 0.3) is 5.91 Å². The van der Waals surface area contributed by atoms with Gasteiger partial charge in [-0.25, -0.2) is 9.37 Å². The lowest BCUT2D eigenvalue weighted by Gasteiger charge is -2.19. The summed E-state index contributed by atoms with van der Waals surface area (Å²) in [6.45, 7) is 2.69. The minimum atomic E-state index is -1.09. The van der Waals surface area contributed by atoms with E-state index >= 15 is 0 Å². The number of rotatable bonds is 7. The zero-order valence-electron chi connectivity index (χ0n) is 17.0. The summed E-state index contributed by atoms with van der Waals surface area (Å²) >= 11 is 0. The van der Waals surface area contributed by atoms with Gasteiger partial charge < -0.3 is 20.5 Å². The number of amides is 2. The van der Waals surface area contributed by atoms with Crippen molar-refractivity contribution in [2.24, 2.45) is 0 Å². The van der Waals surface area contributed by atoms with Gasteiger partial charge in [-0.1, -0.05) is 6.07 Å². The van der Waals surface area contributed by atoms with Crippen molar-refractivity contribution < 1.29 is 23.8 Å². The fourth-order valence-corrected chi connectivity index (χ4v) is 2.83. The Morgan fingerprint density at radius 3 is 2.19 bits per heavy atom. The van der Waals surface area contributed by atoms with Crippen molar-refractivity contribution in [2.45, 2.75) is 26.0 Å². The molecule has 2 aromatic carbocycles. The SMILES string of the molecule is CC(=O)NC(C(=O)Nc1cccc(-c2ccc(Oc3ccc(F)cc3)cc2)n1)C(C)O. The molecule has 7 nitrogen and oxygen atoms in total. The van der Waals surface area contributed by atoms with Crippen LogP contribution in [0.1, 0.15) is 13.8 Å². The zero-order chi connectivity index (χ0) is 22.4. The van der Waals surface area contributed by atoms with Crippen molar-refractivity contribution in [3.8, 4) is 22.8 Å². The van der Waals surface area contributed by atoms with Crippen LogP contribution in [0.2, 0.25) is 0 Å². The van der Waals surface area contributed by atoms with Gasteiger partial charge in [0.05, 0.1) is 11.8 Å². The number of ether oxygens (including phenoxy) is 1. The fourth-order valence-electron chi connectivity index (χ4n) is 2.83. The Morgan fingerprint density at radius 2 is 1.61 bits per heavy atom. The van der Waals surface area contributed by atoms with Crippen LogP contribution in [0.3, 0.4) is 0 Å². The Hall–Kier alpha value is -3.78. The summed E-state index contributed by atoms with van der Waals surface area (Å²) in [5.41, 5.74) is 1.40. The van der Waals surface area contributed by atoms with E-state index in [0.29, 0.717) is 17.2 Å². The quantitative estimate of drug-likeness (QED) is 0.540. The maximum Gasteiger partial charge on any atom is 0.250 e. The maximum absolute atomic E-state index is 13.0. The Bertz CT molecular complexity index is 1050. The summed E-state index contributed by atoms with van der Waals surface area (Å²) in [5.74, 6) is 0.0463. The molecule has 0 aliphatic carbocycles. The van der Waals surface area contributed by atoms with E-state index < -0.39 is 24.0 Å². The molecule has 0 bridgehead atoms. The molecule has 31 heavy (non-hydrogen) atoms. The van der Waals surface area contributed by atoms with Crippen molar-refractivity contribution >= 4 is 17.6 Å². The van der Waals surface area contributed by atoms with Crippen LogP contribution in [-0.2, 0) is 9.59 Å². The average molecular weight is 423 g/mol. The highest BCUT2D eigenvalue weighted by molar-refractivity contribution is 5.96. The maximum atomic E-state index is 13.0. The number of aromatic nitrogens is 1. The number of aliphatic hydroxyl groups is 1. The number of halogens is 1. The number of benzene rings is 2. The predicted octanol–water partition coefficient (Wildman–Crippen LogP) is 3.50. The lowest BCUT2D eigenvalue weighted by Crippen LogP contribution is -2.49. The highest BCUT2D eigenvalue weighted by atomic mass is 19.1. The van der Waals surface area contributed by atoms with Crippen LogP contribution in [0.5, 0.6) is 11.5 Å². The molecule has 160 valence electrons. The van der Waals surface area contributed by atoms with Crippen molar-refractivity contribution in [2.75, 3.05) is 5.32 Å². The summed E-state index contributed by atoms with van der Waals surface area (Å²) in [7, 11) is 0. The van der Waals surface area contributed by atoms with Gasteiger partial charge in [0, 0.05) is 12.5 Å². The van der Waals surface area contributed by atoms with Crippen LogP contribution in [-0.4, -0.2) is 34.1 Å². The zero-order valence-corrected chi connectivity index (χ0v) is 17.0. The van der Waals surface area contributed by atoms with Gasteiger partial charge >= 0.3 is 0 Å². The molecule has 0 aliphatic rings. The number of nitrogens with one attached hydrogen (secondary N) is 2. The fraction of sp³-hybridized carbons (Fsp3) is 0.174. The van der Waals surface area contributed by atoms with E-state index in [2.05, 4.69) is 15.6 Å². The Labute approximate surface area is 178 Å². The average Bonchev–Trinajstić information content (AvgIpc) is 2.74. The Balaban J connectivity index is 1.71. The third-order valence-electron chi connectivity index (χ3n) is 4.32. The normalized spacial score (nSPS) is 12.5. The second kappa shape index (κ2) is 9.82. The van der Waals surface area contributed by atoms with Crippen molar-refractivity contribution in [1.82, 2.24) is 10.3 Å². The molecule has 8 heteroatoms. The second-order valence-electron chi connectivity index (χ2n) is 6.90. The number of aliphatic hydroxyl groups excluding tert-OH is 1. The van der Waals surface area contributed by atoms with Crippen molar-refractivity contribution in [3.63, 3.8) is 0 Å². The first-order chi connectivity index (χ1) is 14.8. The lowest BCUT2D eigenvalue weighted by molar-refractivity contribution is -0.127. The molecule has 1 heterocycles. The molecule has 0 fully saturated rings. The molecule has 3 N–H and O–H groups in total. The van der Waals surface area contributed by atoms with Crippen LogP contribution >= 0.6 is 0 Å². The van der Waals surface area contributed by atoms with Gasteiger partial charge in [0.1, 0.15) is 29.2 Å². The molecule has 3 aromatic rings. The van der Waals surface area contributed by atoms with Crippen molar-refractivity contribution in [3.05, 3.63) is 72.5 Å². The molecular formula is C23H22FN3O4. The van der Waals surface area contributed by atoms with Crippen molar-refractivity contribution in [1.29, 1.82) is 0 Å². The minimum Gasteiger partial charge on any atom is -0.457 e. The summed E-state index contributed by atoms with van der Waals surface area (Å²) in [6, 6.07) is 16.9. The topological polar surface area (TPSA) is 101 Å². The number of anilines is 1. The number of nitrogens with zero attached hydrogens (tertiary/aromatic N) is 1. The van der Waals surface area contributed by atoms with Crippen LogP contribution in [0.25, 0.3) is 11.3 Å². The van der Waals surface area contributed by atoms with Gasteiger partial charge in [-0.3, -0.25) is 9.59 Å². The largest absolute Gasteiger partial charge is 0.457 e. The van der Waals surface area contributed by atoms with Crippen LogP contribution in [0, 0.1) is 5.82 Å². The molecule has 2 unspecified atom stereocenters. The van der Waals surface area contributed by atoms with E-state index in [9.17, 15) is 19.1 Å². The number of hydrogen-bond acceptors (Lipinski definition) is 5. The molecule has 2 atom stereocenters.